The fourth-order valence-electron chi connectivity index (χ4n) is 2.38. The second-order valence-electron chi connectivity index (χ2n) is 4.61. The largest absolute Gasteiger partial charge is 0.330 e. The minimum Gasteiger partial charge on any atom is -0.330 e. The zero-order chi connectivity index (χ0) is 13.2. The lowest BCUT2D eigenvalue weighted by atomic mass is 10.1. The van der Waals surface area contributed by atoms with Crippen LogP contribution in [0.3, 0.4) is 0 Å². The number of nitrogens with two attached hydrogens (primary N) is 1. The molecular weight excluding hydrogens is 307 g/mol. The van der Waals surface area contributed by atoms with Crippen molar-refractivity contribution in [3.63, 3.8) is 0 Å². The smallest absolute Gasteiger partial charge is 0.240 e. The van der Waals surface area contributed by atoms with Gasteiger partial charge in [-0.3, -0.25) is 0 Å². The van der Waals surface area contributed by atoms with Gasteiger partial charge in [0.1, 0.15) is 0 Å². The van der Waals surface area contributed by atoms with E-state index in [0.29, 0.717) is 11.6 Å². The summed E-state index contributed by atoms with van der Waals surface area (Å²) < 4.78 is 27.1. The molecule has 0 spiro atoms. The summed E-state index contributed by atoms with van der Waals surface area (Å²) in [5.41, 5.74) is 5.65. The van der Waals surface area contributed by atoms with Gasteiger partial charge in [-0.05, 0) is 43.5 Å². The predicted octanol–water partition coefficient (Wildman–Crippen LogP) is 2.17. The van der Waals surface area contributed by atoms with E-state index in [0.717, 1.165) is 19.3 Å². The summed E-state index contributed by atoms with van der Waals surface area (Å²) in [7, 11) is -3.50. The minimum absolute atomic E-state index is 0. The van der Waals surface area contributed by atoms with Crippen LogP contribution >= 0.6 is 24.0 Å². The van der Waals surface area contributed by atoms with Gasteiger partial charge in [0.25, 0.3) is 0 Å². The van der Waals surface area contributed by atoms with E-state index in [4.69, 9.17) is 17.3 Å². The summed E-state index contributed by atoms with van der Waals surface area (Å²) >= 11 is 5.81. The van der Waals surface area contributed by atoms with Crippen LogP contribution in [0.1, 0.15) is 19.3 Å². The summed E-state index contributed by atoms with van der Waals surface area (Å²) in [6.07, 6.45) is 2.85. The van der Waals surface area contributed by atoms with E-state index >= 15 is 0 Å². The third kappa shape index (κ3) is 4.07. The monoisotopic (exact) mass is 324 g/mol. The molecule has 0 radical (unpaired) electrons. The second-order valence-corrected chi connectivity index (χ2v) is 6.76. The minimum atomic E-state index is -3.50. The van der Waals surface area contributed by atoms with E-state index in [9.17, 15) is 8.42 Å². The highest BCUT2D eigenvalue weighted by Gasteiger charge is 2.30. The molecule has 19 heavy (non-hydrogen) atoms. The first-order chi connectivity index (χ1) is 8.53. The van der Waals surface area contributed by atoms with Crippen molar-refractivity contribution >= 4 is 34.0 Å². The molecule has 2 atom stereocenters. The lowest BCUT2D eigenvalue weighted by Gasteiger charge is -2.19. The van der Waals surface area contributed by atoms with E-state index in [1.54, 1.807) is 18.2 Å². The maximum atomic E-state index is 12.2. The van der Waals surface area contributed by atoms with E-state index in [-0.39, 0.29) is 29.3 Å². The van der Waals surface area contributed by atoms with Gasteiger partial charge in [-0.15, -0.1) is 12.4 Å². The van der Waals surface area contributed by atoms with Crippen molar-refractivity contribution in [3.05, 3.63) is 29.3 Å². The highest BCUT2D eigenvalue weighted by molar-refractivity contribution is 7.89. The van der Waals surface area contributed by atoms with Gasteiger partial charge in [0, 0.05) is 11.1 Å². The number of hydrogen-bond donors (Lipinski definition) is 2. The third-order valence-electron chi connectivity index (χ3n) is 3.37. The summed E-state index contributed by atoms with van der Waals surface area (Å²) in [6.45, 7) is 0.517. The van der Waals surface area contributed by atoms with Gasteiger partial charge in [0.05, 0.1) is 4.90 Å². The number of benzene rings is 1. The van der Waals surface area contributed by atoms with Crippen molar-refractivity contribution in [1.29, 1.82) is 0 Å². The Labute approximate surface area is 125 Å². The Bertz CT molecular complexity index is 522. The van der Waals surface area contributed by atoms with E-state index < -0.39 is 10.0 Å². The average molecular weight is 325 g/mol. The van der Waals surface area contributed by atoms with Gasteiger partial charge in [-0.1, -0.05) is 24.1 Å². The molecule has 3 N–H and O–H groups in total. The molecule has 2 rings (SSSR count). The van der Waals surface area contributed by atoms with Crippen molar-refractivity contribution in [2.75, 3.05) is 6.54 Å². The molecule has 0 amide bonds. The number of halogens is 2. The molecule has 7 heteroatoms. The molecule has 108 valence electrons. The van der Waals surface area contributed by atoms with E-state index in [2.05, 4.69) is 4.72 Å². The van der Waals surface area contributed by atoms with Crippen LogP contribution in [0.25, 0.3) is 0 Å². The van der Waals surface area contributed by atoms with Crippen LogP contribution < -0.4 is 10.5 Å². The fourth-order valence-corrected chi connectivity index (χ4v) is 4.02. The zero-order valence-corrected chi connectivity index (χ0v) is 12.8. The molecule has 1 aliphatic carbocycles. The topological polar surface area (TPSA) is 72.2 Å². The van der Waals surface area contributed by atoms with Crippen molar-refractivity contribution < 1.29 is 8.42 Å². The molecule has 1 aliphatic rings. The Balaban J connectivity index is 0.00000180. The van der Waals surface area contributed by atoms with Gasteiger partial charge < -0.3 is 5.73 Å². The molecule has 2 unspecified atom stereocenters. The predicted molar refractivity (Wildman–Crippen MR) is 79.2 cm³/mol. The first-order valence-electron chi connectivity index (χ1n) is 6.01. The van der Waals surface area contributed by atoms with Crippen LogP contribution in [-0.4, -0.2) is 21.0 Å². The van der Waals surface area contributed by atoms with Crippen LogP contribution in [0.4, 0.5) is 0 Å². The molecule has 0 bridgehead atoms. The molecule has 4 nitrogen and oxygen atoms in total. The SMILES string of the molecule is Cl.NCC1CCCC1NS(=O)(=O)c1cccc(Cl)c1. The Kier molecular flexibility index (Phi) is 6.08. The molecule has 0 aromatic heterocycles. The van der Waals surface area contributed by atoms with Crippen LogP contribution in [0.2, 0.25) is 5.02 Å². The lowest BCUT2D eigenvalue weighted by Crippen LogP contribution is -2.39. The van der Waals surface area contributed by atoms with E-state index in [1.165, 1.54) is 6.07 Å². The normalized spacial score (nSPS) is 23.1. The van der Waals surface area contributed by atoms with Crippen molar-refractivity contribution in [1.82, 2.24) is 4.72 Å². The molecule has 1 saturated carbocycles. The van der Waals surface area contributed by atoms with Crippen molar-refractivity contribution in [2.45, 2.75) is 30.2 Å². The summed E-state index contributed by atoms with van der Waals surface area (Å²) in [5, 5.41) is 0.416. The molecule has 0 aliphatic heterocycles. The number of rotatable bonds is 4. The van der Waals surface area contributed by atoms with Crippen LogP contribution in [-0.2, 0) is 10.0 Å². The van der Waals surface area contributed by atoms with Gasteiger partial charge >= 0.3 is 0 Å². The molecule has 1 aromatic rings. The number of hydrogen-bond acceptors (Lipinski definition) is 3. The van der Waals surface area contributed by atoms with E-state index in [1.807, 2.05) is 0 Å². The molecule has 0 heterocycles. The Morgan fingerprint density at radius 1 is 1.37 bits per heavy atom. The van der Waals surface area contributed by atoms with Crippen molar-refractivity contribution in [3.8, 4) is 0 Å². The quantitative estimate of drug-likeness (QED) is 0.891. The number of sulfonamides is 1. The molecule has 1 fully saturated rings. The van der Waals surface area contributed by atoms with Crippen molar-refractivity contribution in [2.24, 2.45) is 11.7 Å². The van der Waals surface area contributed by atoms with Gasteiger partial charge in [-0.25, -0.2) is 13.1 Å². The Hall–Kier alpha value is -0.330. The Morgan fingerprint density at radius 2 is 2.11 bits per heavy atom. The van der Waals surface area contributed by atoms with Gasteiger partial charge in [-0.2, -0.15) is 0 Å². The first-order valence-corrected chi connectivity index (χ1v) is 7.87. The average Bonchev–Trinajstić information content (AvgIpc) is 2.75. The Morgan fingerprint density at radius 3 is 2.74 bits per heavy atom. The van der Waals surface area contributed by atoms with Crippen LogP contribution in [0, 0.1) is 5.92 Å². The third-order valence-corrected chi connectivity index (χ3v) is 5.10. The first kappa shape index (κ1) is 16.7. The number of nitrogens with one attached hydrogen (secondary N) is 1. The van der Waals surface area contributed by atoms with Crippen LogP contribution in [0.15, 0.2) is 29.2 Å². The maximum absolute atomic E-state index is 12.2. The van der Waals surface area contributed by atoms with Crippen LogP contribution in [0.5, 0.6) is 0 Å². The standard InChI is InChI=1S/C12H17ClN2O2S.ClH/c13-10-4-2-5-11(7-10)18(16,17)15-12-6-1-3-9(12)8-14;/h2,4-5,7,9,12,15H,1,3,6,8,14H2;1H. The van der Waals surface area contributed by atoms with Gasteiger partial charge in [0.2, 0.25) is 10.0 Å². The second kappa shape index (κ2) is 6.90. The summed E-state index contributed by atoms with van der Waals surface area (Å²) in [5.74, 6) is 0.235. The molecular formula is C12H18Cl2N2O2S. The highest BCUT2D eigenvalue weighted by atomic mass is 35.5. The summed E-state index contributed by atoms with van der Waals surface area (Å²) in [4.78, 5) is 0.206. The molecule has 0 saturated heterocycles. The fraction of sp³-hybridized carbons (Fsp3) is 0.500. The summed E-state index contributed by atoms with van der Waals surface area (Å²) in [6, 6.07) is 6.22. The maximum Gasteiger partial charge on any atom is 0.240 e. The highest BCUT2D eigenvalue weighted by Crippen LogP contribution is 2.26. The van der Waals surface area contributed by atoms with Gasteiger partial charge in [0.15, 0.2) is 0 Å². The zero-order valence-electron chi connectivity index (χ0n) is 10.4. The lowest BCUT2D eigenvalue weighted by molar-refractivity contribution is 0.453. The molecule has 1 aromatic carbocycles.